The summed E-state index contributed by atoms with van der Waals surface area (Å²) in [4.78, 5) is 24.0. The first-order chi connectivity index (χ1) is 13.4. The molecule has 3 N–H and O–H groups in total. The molecule has 1 atom stereocenters. The summed E-state index contributed by atoms with van der Waals surface area (Å²) in [6.07, 6.45) is 0.571. The van der Waals surface area contributed by atoms with Gasteiger partial charge in [0.2, 0.25) is 6.10 Å². The fourth-order valence-corrected chi connectivity index (χ4v) is 3.53. The minimum atomic E-state index is -0.835. The molecule has 0 aromatic heterocycles. The third-order valence-electron chi connectivity index (χ3n) is 3.67. The van der Waals surface area contributed by atoms with Gasteiger partial charge < -0.3 is 19.9 Å². The zero-order chi connectivity index (χ0) is 20.1. The van der Waals surface area contributed by atoms with E-state index in [0.29, 0.717) is 26.0 Å². The number of hydrazone groups is 1. The number of phenolic OH excluding ortho intramolecular Hbond substituents is 1. The van der Waals surface area contributed by atoms with Crippen LogP contribution in [-0.2, 0) is 9.59 Å². The predicted octanol–water partition coefficient (Wildman–Crippen LogP) is 2.32. The Bertz CT molecular complexity index is 912. The van der Waals surface area contributed by atoms with Crippen LogP contribution in [0.4, 0.5) is 0 Å². The number of para-hydroxylation sites is 2. The Labute approximate surface area is 177 Å². The van der Waals surface area contributed by atoms with Gasteiger partial charge in [-0.05, 0) is 61.7 Å². The fraction of sp³-hybridized carbons (Fsp3) is 0.167. The number of nitrogens with zero attached hydrogens (tertiary/aromatic N) is 1. The molecule has 0 bridgehead atoms. The lowest BCUT2D eigenvalue weighted by atomic mass is 10.2. The van der Waals surface area contributed by atoms with Crippen LogP contribution in [0.15, 0.2) is 50.4 Å². The van der Waals surface area contributed by atoms with Crippen molar-refractivity contribution >= 4 is 49.9 Å². The van der Waals surface area contributed by atoms with Gasteiger partial charge in [0.25, 0.3) is 11.8 Å². The average molecular weight is 513 g/mol. The first-order valence-electron chi connectivity index (χ1n) is 8.10. The Balaban J connectivity index is 1.46. The quantitative estimate of drug-likeness (QED) is 0.421. The van der Waals surface area contributed by atoms with Crippen molar-refractivity contribution in [3.05, 3.63) is 50.9 Å². The minimum absolute atomic E-state index is 0.0627. The Morgan fingerprint density at radius 1 is 1.21 bits per heavy atom. The molecule has 10 heteroatoms. The lowest BCUT2D eigenvalue weighted by Gasteiger charge is -2.25. The van der Waals surface area contributed by atoms with Crippen molar-refractivity contribution in [3.8, 4) is 17.2 Å². The number of amides is 2. The molecule has 0 saturated carbocycles. The summed E-state index contributed by atoms with van der Waals surface area (Å²) in [6.45, 7) is -0.201. The number of fused-ring (bicyclic) bond motifs is 1. The van der Waals surface area contributed by atoms with Crippen LogP contribution in [0.1, 0.15) is 5.56 Å². The van der Waals surface area contributed by atoms with E-state index < -0.39 is 17.9 Å². The van der Waals surface area contributed by atoms with Gasteiger partial charge in [0.05, 0.1) is 21.7 Å². The zero-order valence-corrected chi connectivity index (χ0v) is 17.5. The number of carbonyl (C=O) groups excluding carboxylic acids is 2. The molecule has 0 aliphatic carbocycles. The standard InChI is InChI=1S/C18H15Br2N3O5/c19-11-5-10(6-12(20)17(11)25)7-22-23-16(24)8-21-18(26)15-9-27-13-3-1-2-4-14(13)28-15/h1-7,15,25H,8-9H2,(H,21,26)(H,23,24)/b22-7+. The Hall–Kier alpha value is -2.59. The van der Waals surface area contributed by atoms with E-state index in [1.807, 2.05) is 6.07 Å². The highest BCUT2D eigenvalue weighted by Gasteiger charge is 2.27. The van der Waals surface area contributed by atoms with Crippen molar-refractivity contribution < 1.29 is 24.2 Å². The maximum atomic E-state index is 12.1. The molecule has 2 aromatic carbocycles. The molecule has 3 rings (SSSR count). The molecule has 8 nitrogen and oxygen atoms in total. The van der Waals surface area contributed by atoms with Crippen LogP contribution in [-0.4, -0.2) is 42.4 Å². The van der Waals surface area contributed by atoms with E-state index in [-0.39, 0.29) is 18.9 Å². The highest BCUT2D eigenvalue weighted by molar-refractivity contribution is 9.11. The number of hydrogen-bond acceptors (Lipinski definition) is 6. The van der Waals surface area contributed by atoms with Gasteiger partial charge in [-0.3, -0.25) is 9.59 Å². The Morgan fingerprint density at radius 2 is 1.89 bits per heavy atom. The topological polar surface area (TPSA) is 109 Å². The van der Waals surface area contributed by atoms with Crippen molar-refractivity contribution in [2.45, 2.75) is 6.10 Å². The molecule has 0 radical (unpaired) electrons. The van der Waals surface area contributed by atoms with E-state index in [2.05, 4.69) is 47.7 Å². The molecule has 146 valence electrons. The number of hydrogen-bond donors (Lipinski definition) is 3. The van der Waals surface area contributed by atoms with Crippen molar-refractivity contribution in [3.63, 3.8) is 0 Å². The van der Waals surface area contributed by atoms with Crippen LogP contribution >= 0.6 is 31.9 Å². The fourth-order valence-electron chi connectivity index (χ4n) is 2.31. The third kappa shape index (κ3) is 5.02. The van der Waals surface area contributed by atoms with Crippen LogP contribution < -0.4 is 20.2 Å². The second kappa shape index (κ2) is 9.07. The SMILES string of the molecule is O=C(CNC(=O)C1COc2ccccc2O1)N/N=C/c1cc(Br)c(O)c(Br)c1. The molecule has 1 unspecified atom stereocenters. The van der Waals surface area contributed by atoms with E-state index in [1.165, 1.54) is 6.21 Å². The average Bonchev–Trinajstić information content (AvgIpc) is 2.69. The highest BCUT2D eigenvalue weighted by atomic mass is 79.9. The van der Waals surface area contributed by atoms with Crippen molar-refractivity contribution in [1.82, 2.24) is 10.7 Å². The van der Waals surface area contributed by atoms with Crippen LogP contribution in [0.25, 0.3) is 0 Å². The lowest BCUT2D eigenvalue weighted by molar-refractivity contribution is -0.132. The lowest BCUT2D eigenvalue weighted by Crippen LogP contribution is -2.46. The number of nitrogens with one attached hydrogen (secondary N) is 2. The highest BCUT2D eigenvalue weighted by Crippen LogP contribution is 2.33. The number of carbonyl (C=O) groups is 2. The van der Waals surface area contributed by atoms with Gasteiger partial charge in [-0.15, -0.1) is 0 Å². The molecule has 1 aliphatic heterocycles. The summed E-state index contributed by atoms with van der Waals surface area (Å²) in [5.74, 6) is 0.166. The number of aromatic hydroxyl groups is 1. The minimum Gasteiger partial charge on any atom is -0.506 e. The van der Waals surface area contributed by atoms with Gasteiger partial charge in [0.15, 0.2) is 11.5 Å². The molecule has 0 saturated heterocycles. The molecule has 0 spiro atoms. The van der Waals surface area contributed by atoms with Crippen LogP contribution in [0.2, 0.25) is 0 Å². The van der Waals surface area contributed by atoms with Gasteiger partial charge in [0, 0.05) is 0 Å². The molecular weight excluding hydrogens is 498 g/mol. The molecule has 0 fully saturated rings. The van der Waals surface area contributed by atoms with E-state index in [0.717, 1.165) is 0 Å². The van der Waals surface area contributed by atoms with Crippen molar-refractivity contribution in [2.75, 3.05) is 13.2 Å². The van der Waals surface area contributed by atoms with E-state index in [1.54, 1.807) is 30.3 Å². The van der Waals surface area contributed by atoms with E-state index >= 15 is 0 Å². The number of phenols is 1. The Morgan fingerprint density at radius 3 is 2.61 bits per heavy atom. The van der Waals surface area contributed by atoms with Crippen LogP contribution in [0, 0.1) is 0 Å². The number of ether oxygens (including phenoxy) is 2. The van der Waals surface area contributed by atoms with Crippen molar-refractivity contribution in [1.29, 1.82) is 0 Å². The second-order valence-corrected chi connectivity index (χ2v) is 7.42. The van der Waals surface area contributed by atoms with E-state index in [9.17, 15) is 14.7 Å². The maximum Gasteiger partial charge on any atom is 0.265 e. The Kier molecular flexibility index (Phi) is 6.53. The molecule has 28 heavy (non-hydrogen) atoms. The zero-order valence-electron chi connectivity index (χ0n) is 14.3. The van der Waals surface area contributed by atoms with Gasteiger partial charge >= 0.3 is 0 Å². The maximum absolute atomic E-state index is 12.1. The van der Waals surface area contributed by atoms with Gasteiger partial charge in [-0.25, -0.2) is 5.43 Å². The summed E-state index contributed by atoms with van der Waals surface area (Å²) < 4.78 is 12.0. The normalized spacial score (nSPS) is 15.3. The number of benzene rings is 2. The second-order valence-electron chi connectivity index (χ2n) is 5.71. The summed E-state index contributed by atoms with van der Waals surface area (Å²) >= 11 is 6.42. The largest absolute Gasteiger partial charge is 0.506 e. The monoisotopic (exact) mass is 511 g/mol. The van der Waals surface area contributed by atoms with Gasteiger partial charge in [-0.1, -0.05) is 12.1 Å². The molecule has 1 aliphatic rings. The molecule has 2 amide bonds. The van der Waals surface area contributed by atoms with Gasteiger partial charge in [0.1, 0.15) is 12.4 Å². The molecule has 2 aromatic rings. The number of rotatable bonds is 5. The summed E-state index contributed by atoms with van der Waals surface area (Å²) in [5.41, 5.74) is 2.95. The van der Waals surface area contributed by atoms with Gasteiger partial charge in [-0.2, -0.15) is 5.10 Å². The summed E-state index contributed by atoms with van der Waals surface area (Å²) in [7, 11) is 0. The van der Waals surface area contributed by atoms with Crippen molar-refractivity contribution in [2.24, 2.45) is 5.10 Å². The third-order valence-corrected chi connectivity index (χ3v) is 4.88. The molecule has 1 heterocycles. The predicted molar refractivity (Wildman–Crippen MR) is 109 cm³/mol. The summed E-state index contributed by atoms with van der Waals surface area (Å²) in [6, 6.07) is 10.3. The summed E-state index contributed by atoms with van der Waals surface area (Å²) in [5, 5.41) is 16.0. The van der Waals surface area contributed by atoms with Crippen LogP contribution in [0.3, 0.4) is 0 Å². The molecular formula is C18H15Br2N3O5. The van der Waals surface area contributed by atoms with Crippen LogP contribution in [0.5, 0.6) is 17.2 Å². The first-order valence-corrected chi connectivity index (χ1v) is 9.69. The number of halogens is 2. The van der Waals surface area contributed by atoms with E-state index in [4.69, 9.17) is 9.47 Å². The smallest absolute Gasteiger partial charge is 0.265 e. The first kappa shape index (κ1) is 20.2.